The van der Waals surface area contributed by atoms with Crippen molar-refractivity contribution in [3.8, 4) is 46.0 Å². The Balaban J connectivity index is 1.45. The number of carbonyl (C=O) groups is 3. The number of hydrazone groups is 1. The molecule has 3 rings (SSSR count). The Kier molecular flexibility index (Phi) is 14.2. The molecule has 0 aliphatic carbocycles. The summed E-state index contributed by atoms with van der Waals surface area (Å²) >= 11 is 0. The highest BCUT2D eigenvalue weighted by atomic mass is 16.6. The van der Waals surface area contributed by atoms with Gasteiger partial charge in [-0.25, -0.2) is 10.2 Å². The lowest BCUT2D eigenvalue weighted by Gasteiger charge is -2.14. The van der Waals surface area contributed by atoms with Gasteiger partial charge in [0.25, 0.3) is 5.91 Å². The highest BCUT2D eigenvalue weighted by Gasteiger charge is 2.20. The predicted octanol–water partition coefficient (Wildman–Crippen LogP) is 4.41. The van der Waals surface area contributed by atoms with Crippen LogP contribution < -0.4 is 48.6 Å². The van der Waals surface area contributed by atoms with Gasteiger partial charge in [-0.1, -0.05) is 6.42 Å². The number of rotatable bonds is 18. The molecule has 0 spiro atoms. The van der Waals surface area contributed by atoms with Crippen LogP contribution in [0.15, 0.2) is 47.6 Å². The van der Waals surface area contributed by atoms with Crippen LogP contribution in [-0.2, 0) is 4.79 Å². The Labute approximate surface area is 279 Å². The van der Waals surface area contributed by atoms with E-state index in [1.807, 2.05) is 0 Å². The van der Waals surface area contributed by atoms with Gasteiger partial charge in [0.2, 0.25) is 17.4 Å². The summed E-state index contributed by atoms with van der Waals surface area (Å²) in [6, 6.07) is 11.0. The zero-order valence-electron chi connectivity index (χ0n) is 28.1. The van der Waals surface area contributed by atoms with Crippen molar-refractivity contribution < 1.29 is 52.3 Å². The fourth-order valence-corrected chi connectivity index (χ4v) is 4.54. The SMILES string of the molecule is COc1cc(C=NNC(=O)CCCCCNC(=O)c2cc(OC)c(OC)c(OC)c2)ccc1OC(=O)c1cc(OC)c(OC)c(OC)c1. The molecule has 0 aromatic heterocycles. The predicted molar refractivity (Wildman–Crippen MR) is 177 cm³/mol. The fourth-order valence-electron chi connectivity index (χ4n) is 4.54. The molecule has 0 aliphatic heterocycles. The number of unbranched alkanes of at least 4 members (excludes halogenated alkanes) is 2. The van der Waals surface area contributed by atoms with E-state index in [1.165, 1.54) is 68.1 Å². The van der Waals surface area contributed by atoms with Gasteiger partial charge in [0.1, 0.15) is 0 Å². The summed E-state index contributed by atoms with van der Waals surface area (Å²) in [4.78, 5) is 37.8. The third-order valence-electron chi connectivity index (χ3n) is 6.99. The number of carbonyl (C=O) groups excluding carboxylic acids is 3. The van der Waals surface area contributed by atoms with Crippen LogP contribution in [0, 0.1) is 0 Å². The zero-order chi connectivity index (χ0) is 35.1. The molecule has 48 heavy (non-hydrogen) atoms. The normalized spacial score (nSPS) is 10.6. The summed E-state index contributed by atoms with van der Waals surface area (Å²) < 4.78 is 42.7. The van der Waals surface area contributed by atoms with E-state index < -0.39 is 5.97 Å². The molecule has 0 atom stereocenters. The Hall–Kier alpha value is -5.66. The van der Waals surface area contributed by atoms with E-state index in [0.29, 0.717) is 65.0 Å². The number of nitrogens with one attached hydrogen (secondary N) is 2. The van der Waals surface area contributed by atoms with E-state index in [4.69, 9.17) is 37.9 Å². The lowest BCUT2D eigenvalue weighted by atomic mass is 10.1. The topological polar surface area (TPSA) is 161 Å². The van der Waals surface area contributed by atoms with E-state index in [-0.39, 0.29) is 35.3 Å². The van der Waals surface area contributed by atoms with Gasteiger partial charge < -0.3 is 43.2 Å². The van der Waals surface area contributed by atoms with E-state index in [0.717, 1.165) is 6.42 Å². The van der Waals surface area contributed by atoms with Crippen LogP contribution >= 0.6 is 0 Å². The molecule has 2 amide bonds. The molecule has 14 nitrogen and oxygen atoms in total. The van der Waals surface area contributed by atoms with Crippen LogP contribution in [0.25, 0.3) is 0 Å². The van der Waals surface area contributed by atoms with Crippen molar-refractivity contribution in [2.45, 2.75) is 25.7 Å². The van der Waals surface area contributed by atoms with Crippen LogP contribution in [0.5, 0.6) is 46.0 Å². The first-order valence-corrected chi connectivity index (χ1v) is 14.8. The van der Waals surface area contributed by atoms with Gasteiger partial charge in [-0.2, -0.15) is 5.10 Å². The minimum absolute atomic E-state index is 0.178. The van der Waals surface area contributed by atoms with Crippen LogP contribution in [0.2, 0.25) is 0 Å². The maximum atomic E-state index is 12.9. The van der Waals surface area contributed by atoms with Crippen molar-refractivity contribution in [2.75, 3.05) is 56.3 Å². The molecule has 0 saturated carbocycles. The second-order valence-corrected chi connectivity index (χ2v) is 9.99. The number of esters is 1. The number of amides is 2. The van der Waals surface area contributed by atoms with Crippen molar-refractivity contribution in [1.82, 2.24) is 10.7 Å². The van der Waals surface area contributed by atoms with Gasteiger partial charge in [-0.3, -0.25) is 9.59 Å². The molecule has 0 saturated heterocycles. The van der Waals surface area contributed by atoms with Gasteiger partial charge >= 0.3 is 5.97 Å². The standard InChI is InChI=1S/C34H41N3O11/c1-41-25-15-21(12-13-24(25)48-34(40)23-18-28(44-4)32(47-7)29(19-23)45-5)20-36-37-30(38)11-9-8-10-14-35-33(39)22-16-26(42-2)31(46-6)27(17-22)43-3/h12-13,15-20H,8-11,14H2,1-7H3,(H,35,39)(H,37,38). The van der Waals surface area contributed by atoms with Crippen LogP contribution in [0.1, 0.15) is 52.0 Å². The van der Waals surface area contributed by atoms with Gasteiger partial charge in [0.05, 0.1) is 61.5 Å². The third kappa shape index (κ3) is 9.67. The highest BCUT2D eigenvalue weighted by molar-refractivity contribution is 5.95. The second-order valence-electron chi connectivity index (χ2n) is 9.99. The maximum Gasteiger partial charge on any atom is 0.343 e. The van der Waals surface area contributed by atoms with Crippen LogP contribution in [-0.4, -0.2) is 80.3 Å². The van der Waals surface area contributed by atoms with Crippen molar-refractivity contribution in [3.63, 3.8) is 0 Å². The highest BCUT2D eigenvalue weighted by Crippen LogP contribution is 2.39. The molecule has 0 aliphatic rings. The van der Waals surface area contributed by atoms with Gasteiger partial charge in [-0.05, 0) is 60.9 Å². The molecular weight excluding hydrogens is 626 g/mol. The Morgan fingerprint density at radius 3 is 1.69 bits per heavy atom. The molecule has 258 valence electrons. The first kappa shape index (κ1) is 36.8. The van der Waals surface area contributed by atoms with E-state index in [1.54, 1.807) is 30.3 Å². The minimum atomic E-state index is -0.665. The molecule has 3 aromatic carbocycles. The zero-order valence-corrected chi connectivity index (χ0v) is 28.1. The number of ether oxygens (including phenoxy) is 8. The van der Waals surface area contributed by atoms with Crippen molar-refractivity contribution in [3.05, 3.63) is 59.2 Å². The molecule has 14 heteroatoms. The Bertz CT molecular complexity index is 1560. The molecule has 0 radical (unpaired) electrons. The second kappa shape index (κ2) is 18.5. The number of hydrogen-bond acceptors (Lipinski definition) is 12. The quantitative estimate of drug-likeness (QED) is 0.0650. The molecule has 3 aromatic rings. The number of benzene rings is 3. The van der Waals surface area contributed by atoms with Gasteiger partial charge in [-0.15, -0.1) is 0 Å². The summed E-state index contributed by atoms with van der Waals surface area (Å²) in [7, 11) is 10.3. The van der Waals surface area contributed by atoms with E-state index in [2.05, 4.69) is 15.8 Å². The van der Waals surface area contributed by atoms with E-state index in [9.17, 15) is 14.4 Å². The summed E-state index contributed by atoms with van der Waals surface area (Å²) in [5.41, 5.74) is 3.66. The lowest BCUT2D eigenvalue weighted by Crippen LogP contribution is -2.24. The Morgan fingerprint density at radius 2 is 1.17 bits per heavy atom. The van der Waals surface area contributed by atoms with Crippen LogP contribution in [0.4, 0.5) is 0 Å². The fraction of sp³-hybridized carbons (Fsp3) is 0.353. The van der Waals surface area contributed by atoms with E-state index >= 15 is 0 Å². The van der Waals surface area contributed by atoms with Crippen molar-refractivity contribution in [2.24, 2.45) is 5.10 Å². The number of hydrogen-bond donors (Lipinski definition) is 2. The molecule has 0 heterocycles. The summed E-state index contributed by atoms with van der Waals surface area (Å²) in [5.74, 6) is 1.41. The van der Waals surface area contributed by atoms with Crippen LogP contribution in [0.3, 0.4) is 0 Å². The molecule has 2 N–H and O–H groups in total. The molecular formula is C34H41N3O11. The van der Waals surface area contributed by atoms with Gasteiger partial charge in [0, 0.05) is 18.5 Å². The third-order valence-corrected chi connectivity index (χ3v) is 6.99. The molecule has 0 fully saturated rings. The maximum absolute atomic E-state index is 12.9. The number of nitrogens with zero attached hydrogens (tertiary/aromatic N) is 1. The monoisotopic (exact) mass is 667 g/mol. The average molecular weight is 668 g/mol. The van der Waals surface area contributed by atoms with Crippen molar-refractivity contribution in [1.29, 1.82) is 0 Å². The minimum Gasteiger partial charge on any atom is -0.493 e. The smallest absolute Gasteiger partial charge is 0.343 e. The molecule has 0 unspecified atom stereocenters. The average Bonchev–Trinajstić information content (AvgIpc) is 3.11. The van der Waals surface area contributed by atoms with Crippen molar-refractivity contribution >= 4 is 24.0 Å². The summed E-state index contributed by atoms with van der Waals surface area (Å²) in [6.07, 6.45) is 3.73. The first-order chi connectivity index (χ1) is 23.2. The first-order valence-electron chi connectivity index (χ1n) is 14.8. The molecule has 0 bridgehead atoms. The summed E-state index contributed by atoms with van der Waals surface area (Å²) in [6.45, 7) is 0.435. The lowest BCUT2D eigenvalue weighted by molar-refractivity contribution is -0.121. The van der Waals surface area contributed by atoms with Gasteiger partial charge in [0.15, 0.2) is 34.5 Å². The number of methoxy groups -OCH3 is 7. The summed E-state index contributed by atoms with van der Waals surface area (Å²) in [5, 5.41) is 6.87. The Morgan fingerprint density at radius 1 is 0.625 bits per heavy atom. The largest absolute Gasteiger partial charge is 0.493 e.